The Bertz CT molecular complexity index is 3850. The van der Waals surface area contributed by atoms with E-state index in [0.717, 1.165) is 117 Å². The van der Waals surface area contributed by atoms with Crippen LogP contribution in [0.1, 0.15) is 22.8 Å². The van der Waals surface area contributed by atoms with Crippen molar-refractivity contribution in [3.05, 3.63) is 205 Å². The van der Waals surface area contributed by atoms with Crippen LogP contribution < -0.4 is 42.3 Å². The van der Waals surface area contributed by atoms with Crippen LogP contribution >= 0.6 is 23.5 Å². The maximum atomic E-state index is 6.60. The summed E-state index contributed by atoms with van der Waals surface area (Å²) >= 11 is 3.60. The van der Waals surface area contributed by atoms with Gasteiger partial charge in [0.25, 0.3) is 0 Å². The quantitative estimate of drug-likeness (QED) is 0.121. The Morgan fingerprint density at radius 2 is 0.933 bits per heavy atom. The number of rotatable bonds is 6. The van der Waals surface area contributed by atoms with Crippen LogP contribution in [0.15, 0.2) is 170 Å². The van der Waals surface area contributed by atoms with E-state index in [4.69, 9.17) is 24.1 Å². The number of benzene rings is 8. The number of aromatic nitrogens is 4. The third-order valence-corrected chi connectivity index (χ3v) is 16.9. The van der Waals surface area contributed by atoms with Crippen molar-refractivity contribution in [1.82, 2.24) is 19.6 Å². The van der Waals surface area contributed by atoms with Gasteiger partial charge in [-0.1, -0.05) is 83.5 Å². The van der Waals surface area contributed by atoms with Crippen LogP contribution in [0.5, 0.6) is 23.0 Å². The topological polar surface area (TPSA) is 67.2 Å². The molecule has 4 aliphatic heterocycles. The van der Waals surface area contributed by atoms with Crippen molar-refractivity contribution in [2.75, 3.05) is 0 Å². The first-order valence-electron chi connectivity index (χ1n) is 24.2. The third kappa shape index (κ3) is 7.59. The molecule has 0 unspecified atom stereocenters. The molecule has 7 nitrogen and oxygen atoms in total. The maximum absolute atomic E-state index is 6.60. The first-order chi connectivity index (χ1) is 35.8. The van der Waals surface area contributed by atoms with Gasteiger partial charge in [0.15, 0.2) is 0 Å². The van der Waals surface area contributed by atoms with E-state index >= 15 is 0 Å². The Morgan fingerprint density at radius 1 is 0.440 bits per heavy atom. The summed E-state index contributed by atoms with van der Waals surface area (Å²) in [5.74, 6) is 3.48. The number of nitrogens with zero attached hydrogens (tertiary/aromatic N) is 4. The molecule has 0 fully saturated rings. The van der Waals surface area contributed by atoms with Crippen LogP contribution in [0, 0.1) is 64.3 Å². The Morgan fingerprint density at radius 3 is 1.56 bits per heavy atom. The Labute approximate surface area is 472 Å². The molecule has 15 rings (SSSR count). The third-order valence-electron chi connectivity index (χ3n) is 14.5. The van der Waals surface area contributed by atoms with Gasteiger partial charge in [-0.15, -0.1) is 87.3 Å². The van der Waals surface area contributed by atoms with E-state index < -0.39 is 0 Å². The molecule has 0 radical (unpaired) electrons. The minimum Gasteiger partial charge on any atom is -0.631 e. The van der Waals surface area contributed by atoms with Crippen molar-refractivity contribution >= 4 is 69.7 Å². The van der Waals surface area contributed by atoms with Crippen molar-refractivity contribution in [2.45, 2.75) is 47.3 Å². The first kappa shape index (κ1) is 47.9. The van der Waals surface area contributed by atoms with Crippen LogP contribution in [0.4, 0.5) is 0 Å². The van der Waals surface area contributed by atoms with Crippen LogP contribution in [0.2, 0.25) is 0 Å². The number of ether oxygens (including phenoxy) is 2. The first-order valence-corrected chi connectivity index (χ1v) is 25.9. The summed E-state index contributed by atoms with van der Waals surface area (Å²) in [5.41, 5.74) is 18.7. The molecule has 0 bridgehead atoms. The van der Waals surface area contributed by atoms with Crippen LogP contribution in [0.3, 0.4) is 0 Å². The van der Waals surface area contributed by atoms with Gasteiger partial charge >= 0.3 is 0 Å². The smallest absolute Gasteiger partial charge is 0.212 e. The zero-order valence-electron chi connectivity index (χ0n) is 40.5. The number of aryl methyl sites for hydroxylation is 2. The molecule has 0 saturated heterocycles. The van der Waals surface area contributed by atoms with Gasteiger partial charge in [-0.25, -0.2) is 12.1 Å². The van der Waals surface area contributed by atoms with E-state index in [-0.39, 0.29) is 55.6 Å². The Balaban J connectivity index is 0.00000270. The van der Waals surface area contributed by atoms with Gasteiger partial charge in [0.05, 0.1) is 11.4 Å². The second-order valence-corrected chi connectivity index (χ2v) is 21.0. The summed E-state index contributed by atoms with van der Waals surface area (Å²) in [6.45, 7) is 8.01. The van der Waals surface area contributed by atoms with Gasteiger partial charge in [-0.2, -0.15) is 45.6 Å². The summed E-state index contributed by atoms with van der Waals surface area (Å²) in [4.78, 5) is 4.82. The summed E-state index contributed by atoms with van der Waals surface area (Å²) in [5, 5.41) is 10.1. The SMILES string of the molecule is Cc1nn(-c2[c-]c3c(cc2)Oc2cccc4c2B3c2[c-]c(-c3[c-]oc(-c5[c-]c6c(cc5)Sc5cccc7c5B6c5[c-]c(-n6nc(C)c(-c8ccccc8)c6C)ccc5S7)[c-]3)ccc2O4)c(C)c1-c1ccccc1.[Pt].[Pt]. The van der Waals surface area contributed by atoms with E-state index in [9.17, 15) is 0 Å². The summed E-state index contributed by atoms with van der Waals surface area (Å²) in [6.07, 6.45) is 3.20. The van der Waals surface area contributed by atoms with E-state index in [0.29, 0.717) is 17.1 Å². The number of furan rings is 1. The van der Waals surface area contributed by atoms with Crippen molar-refractivity contribution in [1.29, 1.82) is 0 Å². The minimum absolute atomic E-state index is 0. The van der Waals surface area contributed by atoms with Crippen molar-refractivity contribution in [2.24, 2.45) is 0 Å². The molecular weight excluding hydrogens is 1320 g/mol. The molecule has 11 aromatic rings. The molecule has 13 heteroatoms. The molecule has 0 amide bonds. The van der Waals surface area contributed by atoms with Crippen molar-refractivity contribution in [3.8, 4) is 79.1 Å². The Hall–Kier alpha value is -6.73. The molecule has 366 valence electrons. The molecule has 4 aliphatic rings. The van der Waals surface area contributed by atoms with E-state index in [1.54, 1.807) is 23.5 Å². The monoisotopic (exact) mass is 1360 g/mol. The summed E-state index contributed by atoms with van der Waals surface area (Å²) in [6, 6.07) is 69.0. The zero-order valence-corrected chi connectivity index (χ0v) is 46.7. The summed E-state index contributed by atoms with van der Waals surface area (Å²) in [7, 11) is 0. The fourth-order valence-corrected chi connectivity index (χ4v) is 13.7. The van der Waals surface area contributed by atoms with Crippen molar-refractivity contribution in [3.63, 3.8) is 0 Å². The fourth-order valence-electron chi connectivity index (χ4n) is 11.3. The standard InChI is InChI=1S/C62H36B2N4O3S2.2Pt/c1-35-59(39-13-7-5-8-14-39)37(3)67(65-35)44-23-26-51-47(32-44)63-46-29-41(21-25-50(46)70-52-17-11-18-53(71-51)61(52)63)43-31-54(69-34-43)42-22-27-55-48(30-42)64-49-33-45(24-28-56(49)73-58-20-12-19-57(72-55)62(58)64)68-38(4)60(36(2)66-68)40-15-9-6-10-16-40;;/h5-28H,1-4H3;;/q-6;;. The van der Waals surface area contributed by atoms with E-state index in [2.05, 4.69) is 155 Å². The average Bonchev–Trinajstić information content (AvgIpc) is 4.13. The maximum Gasteiger partial charge on any atom is 0.212 e. The fraction of sp³-hybridized carbons (Fsp3) is 0.0645. The predicted octanol–water partition coefficient (Wildman–Crippen LogP) is 10.5. The molecular formula is C62H36B2N4O3Pt2S2-6. The predicted molar refractivity (Wildman–Crippen MR) is 290 cm³/mol. The molecule has 0 spiro atoms. The van der Waals surface area contributed by atoms with Crippen LogP contribution in [-0.4, -0.2) is 33.0 Å². The second kappa shape index (κ2) is 18.5. The molecule has 7 heterocycles. The molecule has 3 aromatic heterocycles. The molecule has 0 N–H and O–H groups in total. The minimum atomic E-state index is -0.282. The largest absolute Gasteiger partial charge is 0.631 e. The van der Waals surface area contributed by atoms with Gasteiger partial charge in [-0.05, 0) is 89.7 Å². The number of hydrogen-bond acceptors (Lipinski definition) is 7. The van der Waals surface area contributed by atoms with Gasteiger partial charge < -0.3 is 31.1 Å². The zero-order chi connectivity index (χ0) is 48.6. The Kier molecular flexibility index (Phi) is 11.8. The van der Waals surface area contributed by atoms with Crippen LogP contribution in [-0.2, 0) is 42.1 Å². The van der Waals surface area contributed by atoms with E-state index in [1.807, 2.05) is 64.0 Å². The molecule has 8 aromatic carbocycles. The molecule has 0 aliphatic carbocycles. The normalized spacial score (nSPS) is 12.9. The van der Waals surface area contributed by atoms with E-state index in [1.165, 1.54) is 20.1 Å². The van der Waals surface area contributed by atoms with Gasteiger partial charge in [-0.3, -0.25) is 9.36 Å². The van der Waals surface area contributed by atoms with Crippen molar-refractivity contribution < 1.29 is 56.0 Å². The molecule has 0 saturated carbocycles. The van der Waals surface area contributed by atoms with Gasteiger partial charge in [0.2, 0.25) is 13.4 Å². The molecule has 75 heavy (non-hydrogen) atoms. The number of fused-ring (bicyclic) bond motifs is 8. The van der Waals surface area contributed by atoms with Crippen LogP contribution in [0.25, 0.3) is 56.1 Å². The molecule has 0 atom stereocenters. The summed E-state index contributed by atoms with van der Waals surface area (Å²) < 4.78 is 23.5. The van der Waals surface area contributed by atoms with Gasteiger partial charge in [0.1, 0.15) is 11.5 Å². The second-order valence-electron chi connectivity index (χ2n) is 18.8. The number of hydrogen-bond donors (Lipinski definition) is 0. The van der Waals surface area contributed by atoms with Gasteiger partial charge in [0, 0.05) is 81.6 Å². The average molecular weight is 1360 g/mol.